The Balaban J connectivity index is 1.27. The highest BCUT2D eigenvalue weighted by molar-refractivity contribution is 7.89. The molecule has 0 radical (unpaired) electrons. The predicted octanol–water partition coefficient (Wildman–Crippen LogP) is 3.25. The summed E-state index contributed by atoms with van der Waals surface area (Å²) in [6.45, 7) is 7.63. The van der Waals surface area contributed by atoms with E-state index in [2.05, 4.69) is 40.5 Å². The molecule has 1 aromatic heterocycles. The third kappa shape index (κ3) is 4.70. The van der Waals surface area contributed by atoms with Gasteiger partial charge in [0, 0.05) is 62.8 Å². The molecule has 3 heterocycles. The molecule has 10 heteroatoms. The van der Waals surface area contributed by atoms with Crippen LogP contribution in [-0.4, -0.2) is 60.2 Å². The Bertz CT molecular complexity index is 1350. The molecule has 0 bridgehead atoms. The number of anilines is 2. The van der Waals surface area contributed by atoms with Crippen LogP contribution >= 0.6 is 11.5 Å². The summed E-state index contributed by atoms with van der Waals surface area (Å²) in [6, 6.07) is 13.3. The van der Waals surface area contributed by atoms with Gasteiger partial charge in [-0.1, -0.05) is 29.8 Å². The van der Waals surface area contributed by atoms with Gasteiger partial charge in [-0.15, -0.1) is 0 Å². The van der Waals surface area contributed by atoms with Crippen LogP contribution in [0.25, 0.3) is 0 Å². The van der Waals surface area contributed by atoms with Gasteiger partial charge >= 0.3 is 0 Å². The normalized spacial score (nSPS) is 18.7. The minimum atomic E-state index is -3.64. The number of nitrogens with zero attached hydrogens (tertiary/aromatic N) is 5. The van der Waals surface area contributed by atoms with Gasteiger partial charge in [0.05, 0.1) is 4.90 Å². The molecule has 1 amide bonds. The fraction of sp³-hybridized carbons (Fsp3) is 0.400. The molecule has 35 heavy (non-hydrogen) atoms. The number of hydrogen-bond acceptors (Lipinski definition) is 7. The third-order valence-corrected chi connectivity index (χ3v) is 9.53. The maximum absolute atomic E-state index is 13.5. The highest BCUT2D eigenvalue weighted by Gasteiger charge is 2.35. The number of aromatic nitrogens is 2. The molecule has 184 valence electrons. The molecular weight excluding hydrogens is 482 g/mol. The number of carbonyl (C=O) groups excluding carboxylic acids is 1. The first-order valence-corrected chi connectivity index (χ1v) is 14.0. The summed E-state index contributed by atoms with van der Waals surface area (Å²) in [5.41, 5.74) is 4.11. The summed E-state index contributed by atoms with van der Waals surface area (Å²) in [6.07, 6.45) is 1.35. The minimum absolute atomic E-state index is 0.0252. The summed E-state index contributed by atoms with van der Waals surface area (Å²) in [5.74, 6) is 0.761. The van der Waals surface area contributed by atoms with E-state index in [9.17, 15) is 13.2 Å². The molecular formula is C25H29N5O3S2. The van der Waals surface area contributed by atoms with Crippen molar-refractivity contribution in [3.63, 3.8) is 0 Å². The van der Waals surface area contributed by atoms with Crippen molar-refractivity contribution in [2.45, 2.75) is 44.6 Å². The number of carbonyl (C=O) groups is 1. The number of hydrogen-bond donors (Lipinski definition) is 0. The summed E-state index contributed by atoms with van der Waals surface area (Å²) >= 11 is 1.37. The van der Waals surface area contributed by atoms with E-state index in [-0.39, 0.29) is 11.9 Å². The molecule has 5 rings (SSSR count). The second kappa shape index (κ2) is 9.33. The van der Waals surface area contributed by atoms with Crippen molar-refractivity contribution >= 4 is 38.3 Å². The van der Waals surface area contributed by atoms with E-state index in [1.807, 2.05) is 6.92 Å². The van der Waals surface area contributed by atoms with Crippen LogP contribution in [0.2, 0.25) is 0 Å². The quantitative estimate of drug-likeness (QED) is 0.523. The van der Waals surface area contributed by atoms with E-state index in [0.717, 1.165) is 22.2 Å². The highest BCUT2D eigenvalue weighted by atomic mass is 32.2. The van der Waals surface area contributed by atoms with Crippen LogP contribution in [0.3, 0.4) is 0 Å². The maximum atomic E-state index is 13.5. The van der Waals surface area contributed by atoms with Crippen molar-refractivity contribution in [2.24, 2.45) is 0 Å². The van der Waals surface area contributed by atoms with Gasteiger partial charge in [-0.25, -0.2) is 13.4 Å². The van der Waals surface area contributed by atoms with Crippen molar-refractivity contribution < 1.29 is 13.2 Å². The van der Waals surface area contributed by atoms with Crippen LogP contribution in [-0.2, 0) is 27.7 Å². The van der Waals surface area contributed by atoms with Crippen LogP contribution in [0.15, 0.2) is 47.4 Å². The average molecular weight is 512 g/mol. The van der Waals surface area contributed by atoms with Gasteiger partial charge in [0.25, 0.3) is 0 Å². The van der Waals surface area contributed by atoms with Gasteiger partial charge in [0.15, 0.2) is 0 Å². The van der Waals surface area contributed by atoms with Crippen molar-refractivity contribution in [1.29, 1.82) is 0 Å². The van der Waals surface area contributed by atoms with E-state index < -0.39 is 10.0 Å². The number of benzene rings is 2. The molecule has 1 saturated heterocycles. The van der Waals surface area contributed by atoms with Crippen LogP contribution in [0.5, 0.6) is 0 Å². The molecule has 0 saturated carbocycles. The molecule has 2 aliphatic rings. The molecule has 0 spiro atoms. The maximum Gasteiger partial charge on any atom is 0.243 e. The van der Waals surface area contributed by atoms with E-state index >= 15 is 0 Å². The number of fused-ring (bicyclic) bond motifs is 1. The monoisotopic (exact) mass is 511 g/mol. The molecule has 1 unspecified atom stereocenters. The first-order valence-electron chi connectivity index (χ1n) is 11.8. The highest BCUT2D eigenvalue weighted by Crippen LogP contribution is 2.32. The van der Waals surface area contributed by atoms with E-state index in [1.165, 1.54) is 29.6 Å². The van der Waals surface area contributed by atoms with Gasteiger partial charge in [-0.2, -0.15) is 8.68 Å². The Morgan fingerprint density at radius 1 is 1.11 bits per heavy atom. The largest absolute Gasteiger partial charge is 0.344 e. The van der Waals surface area contributed by atoms with Crippen molar-refractivity contribution in [1.82, 2.24) is 13.7 Å². The van der Waals surface area contributed by atoms with Crippen LogP contribution in [0.1, 0.15) is 36.4 Å². The Kier molecular flexibility index (Phi) is 6.37. The standard InChI is InChI=1S/C25H29N5O3S2/c1-17-4-6-20(7-5-17)14-24-26-25(34-27-24)28-12-13-30(18(2)16-28)35(32,33)22-8-9-23-21(15-22)10-11-29(23)19(3)31/h4-9,15,18H,10-14,16H2,1-3H3. The molecule has 0 aliphatic carbocycles. The zero-order chi connectivity index (χ0) is 24.7. The predicted molar refractivity (Wildman–Crippen MR) is 138 cm³/mol. The van der Waals surface area contributed by atoms with Gasteiger partial charge in [0.1, 0.15) is 5.82 Å². The summed E-state index contributed by atoms with van der Waals surface area (Å²) in [5, 5.41) is 0.831. The van der Waals surface area contributed by atoms with E-state index in [1.54, 1.807) is 27.4 Å². The first kappa shape index (κ1) is 23.9. The third-order valence-electron chi connectivity index (χ3n) is 6.71. The summed E-state index contributed by atoms with van der Waals surface area (Å²) in [7, 11) is -3.64. The first-order chi connectivity index (χ1) is 16.7. The van der Waals surface area contributed by atoms with E-state index in [0.29, 0.717) is 43.9 Å². The molecule has 2 aliphatic heterocycles. The molecule has 0 N–H and O–H groups in total. The number of sulfonamides is 1. The topological polar surface area (TPSA) is 86.7 Å². The lowest BCUT2D eigenvalue weighted by Gasteiger charge is -2.38. The number of amides is 1. The molecule has 1 atom stereocenters. The lowest BCUT2D eigenvalue weighted by atomic mass is 10.1. The number of rotatable bonds is 5. The second-order valence-corrected chi connectivity index (χ2v) is 11.9. The second-order valence-electron chi connectivity index (χ2n) is 9.28. The SMILES string of the molecule is CC(=O)N1CCc2cc(S(=O)(=O)N3CCN(c4nc(Cc5ccc(C)cc5)ns4)CC3C)ccc21. The Hall–Kier alpha value is -2.82. The van der Waals surface area contributed by atoms with Crippen molar-refractivity contribution in [2.75, 3.05) is 36.0 Å². The van der Waals surface area contributed by atoms with Crippen molar-refractivity contribution in [3.8, 4) is 0 Å². The summed E-state index contributed by atoms with van der Waals surface area (Å²) in [4.78, 5) is 20.7. The lowest BCUT2D eigenvalue weighted by molar-refractivity contribution is -0.116. The van der Waals surface area contributed by atoms with Crippen molar-refractivity contribution in [3.05, 3.63) is 65.0 Å². The van der Waals surface area contributed by atoms with Crippen LogP contribution < -0.4 is 9.80 Å². The van der Waals surface area contributed by atoms with Gasteiger partial charge in [0.2, 0.25) is 21.1 Å². The van der Waals surface area contributed by atoms with E-state index in [4.69, 9.17) is 4.98 Å². The fourth-order valence-corrected chi connectivity index (χ4v) is 7.19. The molecule has 8 nitrogen and oxygen atoms in total. The smallest absolute Gasteiger partial charge is 0.243 e. The average Bonchev–Trinajstić information content (AvgIpc) is 3.47. The lowest BCUT2D eigenvalue weighted by Crippen LogP contribution is -2.54. The van der Waals surface area contributed by atoms with Gasteiger partial charge in [-0.3, -0.25) is 4.79 Å². The molecule has 3 aromatic rings. The van der Waals surface area contributed by atoms with Crippen LogP contribution in [0.4, 0.5) is 10.8 Å². The van der Waals surface area contributed by atoms with Gasteiger partial charge < -0.3 is 9.80 Å². The number of aryl methyl sites for hydroxylation is 1. The fourth-order valence-electron chi connectivity index (χ4n) is 4.81. The molecule has 2 aromatic carbocycles. The zero-order valence-electron chi connectivity index (χ0n) is 20.1. The molecule has 1 fully saturated rings. The number of piperazine rings is 1. The zero-order valence-corrected chi connectivity index (χ0v) is 21.8. The van der Waals surface area contributed by atoms with Gasteiger partial charge in [-0.05, 0) is 49.6 Å². The Morgan fingerprint density at radius 2 is 1.89 bits per heavy atom. The summed E-state index contributed by atoms with van der Waals surface area (Å²) < 4.78 is 33.1. The Morgan fingerprint density at radius 3 is 2.60 bits per heavy atom. The van der Waals surface area contributed by atoms with Crippen LogP contribution in [0, 0.1) is 6.92 Å². The minimum Gasteiger partial charge on any atom is -0.344 e. The Labute approximate surface area is 210 Å².